The van der Waals surface area contributed by atoms with Crippen molar-refractivity contribution in [1.29, 1.82) is 0 Å². The minimum atomic E-state index is -0.220. The van der Waals surface area contributed by atoms with Crippen LogP contribution in [-0.2, 0) is 17.7 Å². The van der Waals surface area contributed by atoms with Crippen molar-refractivity contribution < 1.29 is 14.3 Å². The summed E-state index contributed by atoms with van der Waals surface area (Å²) in [4.78, 5) is 29.2. The first-order valence-electron chi connectivity index (χ1n) is 8.83. The van der Waals surface area contributed by atoms with E-state index in [1.54, 1.807) is 7.11 Å². The number of carbonyl (C=O) groups is 2. The van der Waals surface area contributed by atoms with E-state index in [2.05, 4.69) is 22.5 Å². The van der Waals surface area contributed by atoms with Crippen LogP contribution >= 0.6 is 0 Å². The van der Waals surface area contributed by atoms with E-state index in [4.69, 9.17) is 4.74 Å². The number of unbranched alkanes of at least 4 members (excludes halogenated alkanes) is 1. The number of fused-ring (bicyclic) bond motifs is 1. The first-order chi connectivity index (χ1) is 11.7. The normalized spacial score (nSPS) is 13.4. The second-order valence-corrected chi connectivity index (χ2v) is 6.05. The number of nitrogens with zero attached hydrogens (tertiary/aromatic N) is 2. The Morgan fingerprint density at radius 2 is 1.92 bits per heavy atom. The number of aromatic nitrogens is 2. The Kier molecular flexibility index (Phi) is 7.24. The van der Waals surface area contributed by atoms with Crippen LogP contribution in [0.5, 0.6) is 0 Å². The molecule has 2 N–H and O–H groups in total. The molecule has 0 aromatic carbocycles. The SMILES string of the molecule is CCCCNC(=O)c1nc(C(=O)NCCCOC)n2c1CCCC2. The van der Waals surface area contributed by atoms with E-state index < -0.39 is 0 Å². The molecule has 0 spiro atoms. The lowest BCUT2D eigenvalue weighted by Gasteiger charge is -2.17. The number of amides is 2. The molecule has 134 valence electrons. The summed E-state index contributed by atoms with van der Waals surface area (Å²) in [5, 5.41) is 5.75. The zero-order chi connectivity index (χ0) is 17.4. The average molecular weight is 336 g/mol. The molecule has 1 aromatic heterocycles. The second kappa shape index (κ2) is 9.42. The number of carbonyl (C=O) groups excluding carboxylic acids is 2. The van der Waals surface area contributed by atoms with Crippen molar-refractivity contribution in [2.45, 2.75) is 52.0 Å². The molecule has 0 saturated carbocycles. The third-order valence-electron chi connectivity index (χ3n) is 4.16. The molecule has 0 unspecified atom stereocenters. The van der Waals surface area contributed by atoms with Gasteiger partial charge >= 0.3 is 0 Å². The zero-order valence-corrected chi connectivity index (χ0v) is 14.7. The Balaban J connectivity index is 2.11. The van der Waals surface area contributed by atoms with Gasteiger partial charge in [-0.2, -0.15) is 0 Å². The molecule has 7 nitrogen and oxygen atoms in total. The van der Waals surface area contributed by atoms with Gasteiger partial charge in [0.25, 0.3) is 11.8 Å². The van der Waals surface area contributed by atoms with Gasteiger partial charge in [0.15, 0.2) is 5.82 Å². The van der Waals surface area contributed by atoms with Crippen LogP contribution < -0.4 is 10.6 Å². The van der Waals surface area contributed by atoms with Gasteiger partial charge in [0.2, 0.25) is 0 Å². The molecule has 2 rings (SSSR count). The van der Waals surface area contributed by atoms with Crippen molar-refractivity contribution in [2.24, 2.45) is 0 Å². The minimum Gasteiger partial charge on any atom is -0.385 e. The first-order valence-corrected chi connectivity index (χ1v) is 8.83. The van der Waals surface area contributed by atoms with Crippen molar-refractivity contribution in [2.75, 3.05) is 26.8 Å². The molecule has 7 heteroatoms. The Bertz CT molecular complexity index is 568. The highest BCUT2D eigenvalue weighted by atomic mass is 16.5. The van der Waals surface area contributed by atoms with Crippen molar-refractivity contribution in [1.82, 2.24) is 20.2 Å². The van der Waals surface area contributed by atoms with E-state index in [9.17, 15) is 9.59 Å². The lowest BCUT2D eigenvalue weighted by molar-refractivity contribution is 0.0932. The number of methoxy groups -OCH3 is 1. The van der Waals surface area contributed by atoms with Gasteiger partial charge in [0.05, 0.1) is 5.69 Å². The molecule has 0 bridgehead atoms. The van der Waals surface area contributed by atoms with Crippen LogP contribution in [0.25, 0.3) is 0 Å². The molecule has 0 saturated heterocycles. The van der Waals surface area contributed by atoms with Crippen molar-refractivity contribution >= 4 is 11.8 Å². The van der Waals surface area contributed by atoms with E-state index in [0.29, 0.717) is 31.2 Å². The summed E-state index contributed by atoms with van der Waals surface area (Å²) in [6, 6.07) is 0. The highest BCUT2D eigenvalue weighted by Gasteiger charge is 2.27. The highest BCUT2D eigenvalue weighted by Crippen LogP contribution is 2.21. The Morgan fingerprint density at radius 1 is 1.17 bits per heavy atom. The lowest BCUT2D eigenvalue weighted by atomic mass is 10.1. The maximum Gasteiger partial charge on any atom is 0.287 e. The quantitative estimate of drug-likeness (QED) is 0.670. The van der Waals surface area contributed by atoms with Gasteiger partial charge in [-0.3, -0.25) is 9.59 Å². The molecular weight excluding hydrogens is 308 g/mol. The highest BCUT2D eigenvalue weighted by molar-refractivity contribution is 5.97. The molecule has 1 aromatic rings. The van der Waals surface area contributed by atoms with Gasteiger partial charge in [-0.05, 0) is 32.1 Å². The minimum absolute atomic E-state index is 0.174. The van der Waals surface area contributed by atoms with Crippen LogP contribution in [-0.4, -0.2) is 48.2 Å². The van der Waals surface area contributed by atoms with E-state index in [1.165, 1.54) is 0 Å². The van der Waals surface area contributed by atoms with Gasteiger partial charge in [0, 0.05) is 33.4 Å². The number of hydrogen-bond acceptors (Lipinski definition) is 4. The summed E-state index contributed by atoms with van der Waals surface area (Å²) in [6.07, 6.45) is 5.53. The number of hydrogen-bond donors (Lipinski definition) is 2. The number of imidazole rings is 1. The maximum atomic E-state index is 12.4. The van der Waals surface area contributed by atoms with E-state index >= 15 is 0 Å². The average Bonchev–Trinajstić information content (AvgIpc) is 2.98. The predicted molar refractivity (Wildman–Crippen MR) is 91.2 cm³/mol. The van der Waals surface area contributed by atoms with Crippen molar-refractivity contribution in [3.63, 3.8) is 0 Å². The molecule has 0 atom stereocenters. The fourth-order valence-corrected chi connectivity index (χ4v) is 2.86. The molecule has 1 aliphatic rings. The largest absolute Gasteiger partial charge is 0.385 e. The smallest absolute Gasteiger partial charge is 0.287 e. The van der Waals surface area contributed by atoms with E-state index in [1.807, 2.05) is 4.57 Å². The Morgan fingerprint density at radius 3 is 2.67 bits per heavy atom. The fraction of sp³-hybridized carbons (Fsp3) is 0.706. The molecule has 0 aliphatic carbocycles. The zero-order valence-electron chi connectivity index (χ0n) is 14.7. The van der Waals surface area contributed by atoms with Crippen LogP contribution in [0.1, 0.15) is 65.8 Å². The summed E-state index contributed by atoms with van der Waals surface area (Å²) in [5.74, 6) is -0.0443. The number of nitrogens with one attached hydrogen (secondary N) is 2. The summed E-state index contributed by atoms with van der Waals surface area (Å²) < 4.78 is 6.88. The van der Waals surface area contributed by atoms with Crippen LogP contribution in [0.4, 0.5) is 0 Å². The molecule has 2 amide bonds. The lowest BCUT2D eigenvalue weighted by Crippen LogP contribution is -2.29. The second-order valence-electron chi connectivity index (χ2n) is 6.05. The molecule has 2 heterocycles. The van der Waals surface area contributed by atoms with Gasteiger partial charge < -0.3 is 19.9 Å². The predicted octanol–water partition coefficient (Wildman–Crippen LogP) is 1.52. The molecule has 0 fully saturated rings. The van der Waals surface area contributed by atoms with Gasteiger partial charge in [0.1, 0.15) is 5.69 Å². The van der Waals surface area contributed by atoms with Gasteiger partial charge in [-0.25, -0.2) is 4.98 Å². The van der Waals surface area contributed by atoms with Crippen LogP contribution in [0.2, 0.25) is 0 Å². The van der Waals surface area contributed by atoms with E-state index in [0.717, 1.165) is 50.8 Å². The third-order valence-corrected chi connectivity index (χ3v) is 4.16. The van der Waals surface area contributed by atoms with Crippen LogP contribution in [0.15, 0.2) is 0 Å². The topological polar surface area (TPSA) is 85.2 Å². The maximum absolute atomic E-state index is 12.4. The third kappa shape index (κ3) is 4.56. The molecule has 0 radical (unpaired) electrons. The Hall–Kier alpha value is -1.89. The fourth-order valence-electron chi connectivity index (χ4n) is 2.86. The Labute approximate surface area is 143 Å². The molecule has 1 aliphatic heterocycles. The summed E-state index contributed by atoms with van der Waals surface area (Å²) >= 11 is 0. The van der Waals surface area contributed by atoms with Crippen LogP contribution in [0.3, 0.4) is 0 Å². The summed E-state index contributed by atoms with van der Waals surface area (Å²) in [6.45, 7) is 4.60. The van der Waals surface area contributed by atoms with Gasteiger partial charge in [-0.15, -0.1) is 0 Å². The number of ether oxygens (including phenoxy) is 1. The molecular formula is C17H28N4O3. The van der Waals surface area contributed by atoms with Crippen molar-refractivity contribution in [3.05, 3.63) is 17.2 Å². The monoisotopic (exact) mass is 336 g/mol. The van der Waals surface area contributed by atoms with Crippen LogP contribution in [0, 0.1) is 0 Å². The standard InChI is InChI=1S/C17H28N4O3/c1-3-4-9-18-16(22)14-13-8-5-6-11-21(13)15(20-14)17(23)19-10-7-12-24-2/h3-12H2,1-2H3,(H,18,22)(H,19,23). The number of rotatable bonds is 9. The van der Waals surface area contributed by atoms with E-state index in [-0.39, 0.29) is 11.8 Å². The van der Waals surface area contributed by atoms with Crippen molar-refractivity contribution in [3.8, 4) is 0 Å². The summed E-state index contributed by atoms with van der Waals surface area (Å²) in [7, 11) is 1.64. The molecule has 24 heavy (non-hydrogen) atoms. The first kappa shape index (κ1) is 18.4. The van der Waals surface area contributed by atoms with Gasteiger partial charge in [-0.1, -0.05) is 13.3 Å². The summed E-state index contributed by atoms with van der Waals surface area (Å²) in [5.41, 5.74) is 1.30.